The van der Waals surface area contributed by atoms with Gasteiger partial charge in [0.2, 0.25) is 0 Å². The van der Waals surface area contributed by atoms with Crippen LogP contribution in [0, 0.1) is 0 Å². The van der Waals surface area contributed by atoms with Crippen LogP contribution in [0.3, 0.4) is 0 Å². The van der Waals surface area contributed by atoms with E-state index in [9.17, 15) is 9.35 Å². The minimum Gasteiger partial charge on any atom is -0.606 e. The van der Waals surface area contributed by atoms with E-state index in [1.165, 1.54) is 12.1 Å². The Morgan fingerprint density at radius 3 is 2.42 bits per heavy atom. The Morgan fingerprint density at radius 2 is 1.68 bits per heavy atom. The van der Waals surface area contributed by atoms with Crippen LogP contribution in [-0.2, 0) is 11.2 Å². The molecule has 1 N–H and O–H groups in total. The summed E-state index contributed by atoms with van der Waals surface area (Å²) in [6.45, 7) is 0. The lowest BCUT2D eigenvalue weighted by atomic mass is 10.1. The third kappa shape index (κ3) is 2.05. The van der Waals surface area contributed by atoms with Crippen molar-refractivity contribution in [3.8, 4) is 0 Å². The van der Waals surface area contributed by atoms with E-state index in [2.05, 4.69) is 0 Å². The fraction of sp³-hybridized carbons (Fsp3) is 0. The van der Waals surface area contributed by atoms with E-state index in [1.807, 2.05) is 30.4 Å². The van der Waals surface area contributed by atoms with E-state index in [0.717, 1.165) is 11.1 Å². The number of hydrogen-bond acceptors (Lipinski definition) is 2. The van der Waals surface area contributed by atoms with Gasteiger partial charge in [-0.15, -0.1) is 0 Å². The van der Waals surface area contributed by atoms with Crippen LogP contribution in [0.2, 0.25) is 0 Å². The summed E-state index contributed by atoms with van der Waals surface area (Å²) in [5, 5.41) is 9.02. The van der Waals surface area contributed by atoms with Crippen molar-refractivity contribution in [3.05, 3.63) is 59.2 Å². The maximum absolute atomic E-state index is 12.6. The Hall–Kier alpha value is -2.04. The molecule has 0 aliphatic carbocycles. The van der Waals surface area contributed by atoms with Gasteiger partial charge < -0.3 is 9.66 Å². The molecule has 0 bridgehead atoms. The fourth-order valence-corrected chi connectivity index (χ4v) is 3.42. The van der Waals surface area contributed by atoms with Crippen LogP contribution in [0.15, 0.2) is 52.3 Å². The lowest BCUT2D eigenvalue weighted by molar-refractivity contribution is 0.0696. The average Bonchev–Trinajstić information content (AvgIpc) is 2.57. The number of fused-ring (bicyclic) bond motifs is 2. The summed E-state index contributed by atoms with van der Waals surface area (Å²) >= 11 is -1.36. The largest absolute Gasteiger partial charge is 0.606 e. The number of benzene rings is 2. The van der Waals surface area contributed by atoms with Gasteiger partial charge in [-0.2, -0.15) is 0 Å². The van der Waals surface area contributed by atoms with Crippen molar-refractivity contribution in [2.45, 2.75) is 9.79 Å². The van der Waals surface area contributed by atoms with Gasteiger partial charge >= 0.3 is 5.97 Å². The minimum atomic E-state index is -1.36. The second-order valence-electron chi connectivity index (χ2n) is 4.20. The molecule has 1 atom stereocenters. The molecule has 0 amide bonds. The quantitative estimate of drug-likeness (QED) is 0.810. The van der Waals surface area contributed by atoms with E-state index in [4.69, 9.17) is 5.11 Å². The highest BCUT2D eigenvalue weighted by Gasteiger charge is 2.24. The second kappa shape index (κ2) is 4.57. The molecular formula is C15H10O3S. The smallest absolute Gasteiger partial charge is 0.335 e. The van der Waals surface area contributed by atoms with Gasteiger partial charge in [0.1, 0.15) is 0 Å². The van der Waals surface area contributed by atoms with Crippen LogP contribution in [-0.4, -0.2) is 15.6 Å². The molecular weight excluding hydrogens is 260 g/mol. The Morgan fingerprint density at radius 1 is 1.00 bits per heavy atom. The lowest BCUT2D eigenvalue weighted by Crippen LogP contribution is -2.06. The van der Waals surface area contributed by atoms with Crippen LogP contribution in [0.1, 0.15) is 21.5 Å². The Labute approximate surface area is 113 Å². The Bertz CT molecular complexity index is 692. The van der Waals surface area contributed by atoms with Crippen molar-refractivity contribution in [2.75, 3.05) is 0 Å². The van der Waals surface area contributed by atoms with Crippen molar-refractivity contribution in [3.63, 3.8) is 0 Å². The first-order valence-corrected chi connectivity index (χ1v) is 6.88. The molecule has 0 spiro atoms. The van der Waals surface area contributed by atoms with E-state index in [0.29, 0.717) is 9.79 Å². The highest BCUT2D eigenvalue weighted by atomic mass is 32.2. The number of carboxylic acids is 1. The summed E-state index contributed by atoms with van der Waals surface area (Å²) < 4.78 is 12.6. The van der Waals surface area contributed by atoms with Crippen LogP contribution < -0.4 is 0 Å². The van der Waals surface area contributed by atoms with E-state index in [1.54, 1.807) is 12.1 Å². The molecule has 0 saturated heterocycles. The molecule has 0 radical (unpaired) electrons. The number of carboxylic acid groups (broad SMARTS) is 1. The number of rotatable bonds is 1. The van der Waals surface area contributed by atoms with Crippen molar-refractivity contribution in [1.82, 2.24) is 0 Å². The van der Waals surface area contributed by atoms with Crippen LogP contribution in [0.25, 0.3) is 12.2 Å². The molecule has 4 heteroatoms. The van der Waals surface area contributed by atoms with Crippen molar-refractivity contribution in [1.29, 1.82) is 0 Å². The van der Waals surface area contributed by atoms with Crippen LogP contribution >= 0.6 is 0 Å². The molecule has 0 aromatic heterocycles. The summed E-state index contributed by atoms with van der Waals surface area (Å²) in [5.41, 5.74) is 1.84. The Kier molecular flexibility index (Phi) is 2.89. The Balaban J connectivity index is 2.21. The van der Waals surface area contributed by atoms with Gasteiger partial charge in [-0.25, -0.2) is 4.79 Å². The molecule has 19 heavy (non-hydrogen) atoms. The normalized spacial score (nSPS) is 16.4. The first kappa shape index (κ1) is 12.0. The van der Waals surface area contributed by atoms with E-state index in [-0.39, 0.29) is 5.56 Å². The fourth-order valence-electron chi connectivity index (χ4n) is 2.05. The predicted octanol–water partition coefficient (Wildman–Crippen LogP) is 3.04. The zero-order chi connectivity index (χ0) is 13.4. The van der Waals surface area contributed by atoms with Gasteiger partial charge in [-0.05, 0) is 36.4 Å². The molecule has 2 aromatic carbocycles. The first-order chi connectivity index (χ1) is 9.16. The lowest BCUT2D eigenvalue weighted by Gasteiger charge is -2.12. The van der Waals surface area contributed by atoms with Gasteiger partial charge in [0.05, 0.1) is 5.56 Å². The molecule has 3 nitrogen and oxygen atoms in total. The van der Waals surface area contributed by atoms with Gasteiger partial charge in [0.15, 0.2) is 9.79 Å². The molecule has 1 heterocycles. The zero-order valence-electron chi connectivity index (χ0n) is 9.87. The maximum atomic E-state index is 12.6. The molecule has 1 aliphatic rings. The SMILES string of the molecule is O=C(O)c1ccc2c(c1)[S+]([O-])c1ccccc1C=C2. The highest BCUT2D eigenvalue weighted by molar-refractivity contribution is 7.91. The standard InChI is InChI=1S/C15H10O3S/c16-15(17)12-8-7-11-6-5-10-3-1-2-4-13(10)19(18)14(11)9-12/h1-9H,(H,16,17). The molecule has 3 rings (SSSR count). The van der Waals surface area contributed by atoms with E-state index < -0.39 is 17.1 Å². The number of aromatic carboxylic acids is 1. The predicted molar refractivity (Wildman–Crippen MR) is 73.4 cm³/mol. The minimum absolute atomic E-state index is 0.153. The molecule has 94 valence electrons. The molecule has 1 unspecified atom stereocenters. The first-order valence-electron chi connectivity index (χ1n) is 5.73. The third-order valence-electron chi connectivity index (χ3n) is 3.02. The summed E-state index contributed by atoms with van der Waals surface area (Å²) in [6.07, 6.45) is 3.77. The second-order valence-corrected chi connectivity index (χ2v) is 5.61. The average molecular weight is 270 g/mol. The van der Waals surface area contributed by atoms with Crippen molar-refractivity contribution in [2.24, 2.45) is 0 Å². The summed E-state index contributed by atoms with van der Waals surface area (Å²) in [5.74, 6) is -1.01. The molecule has 2 aromatic rings. The third-order valence-corrected chi connectivity index (χ3v) is 4.55. The number of hydrogen-bond donors (Lipinski definition) is 1. The zero-order valence-corrected chi connectivity index (χ0v) is 10.7. The summed E-state index contributed by atoms with van der Waals surface area (Å²) in [7, 11) is 0. The molecule has 0 saturated carbocycles. The summed E-state index contributed by atoms with van der Waals surface area (Å²) in [6, 6.07) is 12.1. The van der Waals surface area contributed by atoms with Gasteiger partial charge in [-0.1, -0.05) is 12.1 Å². The topological polar surface area (TPSA) is 60.4 Å². The van der Waals surface area contributed by atoms with Gasteiger partial charge in [0.25, 0.3) is 0 Å². The van der Waals surface area contributed by atoms with Crippen molar-refractivity contribution >= 4 is 29.3 Å². The molecule has 1 aliphatic heterocycles. The summed E-state index contributed by atoms with van der Waals surface area (Å²) in [4.78, 5) is 12.3. The van der Waals surface area contributed by atoms with Crippen LogP contribution in [0.5, 0.6) is 0 Å². The number of carbonyl (C=O) groups is 1. The monoisotopic (exact) mass is 270 g/mol. The van der Waals surface area contributed by atoms with Crippen molar-refractivity contribution < 1.29 is 14.5 Å². The van der Waals surface area contributed by atoms with E-state index >= 15 is 0 Å². The van der Waals surface area contributed by atoms with Gasteiger partial charge in [0, 0.05) is 28.4 Å². The van der Waals surface area contributed by atoms with Gasteiger partial charge in [-0.3, -0.25) is 0 Å². The molecule has 0 fully saturated rings. The van der Waals surface area contributed by atoms with Crippen LogP contribution in [0.4, 0.5) is 0 Å². The maximum Gasteiger partial charge on any atom is 0.335 e. The highest BCUT2D eigenvalue weighted by Crippen LogP contribution is 2.32.